The van der Waals surface area contributed by atoms with Gasteiger partial charge in [0.15, 0.2) is 6.29 Å². The molecule has 6 N–H and O–H groups in total. The molecule has 7 unspecified atom stereocenters. The summed E-state index contributed by atoms with van der Waals surface area (Å²) < 4.78 is 11.2. The van der Waals surface area contributed by atoms with Crippen LogP contribution in [0.15, 0.2) is 36.5 Å². The smallest absolute Gasteiger partial charge is 0.220 e. The van der Waals surface area contributed by atoms with E-state index in [-0.39, 0.29) is 12.5 Å². The van der Waals surface area contributed by atoms with Crippen molar-refractivity contribution in [3.63, 3.8) is 0 Å². The first-order valence-corrected chi connectivity index (χ1v) is 25.7. The van der Waals surface area contributed by atoms with Crippen LogP contribution in [0.1, 0.15) is 232 Å². The molecule has 0 aliphatic carbocycles. The van der Waals surface area contributed by atoms with E-state index in [0.717, 1.165) is 44.9 Å². The minimum Gasteiger partial charge on any atom is -0.394 e. The first kappa shape index (κ1) is 57.4. The lowest BCUT2D eigenvalue weighted by molar-refractivity contribution is -0.302. The van der Waals surface area contributed by atoms with Crippen molar-refractivity contribution in [3.05, 3.63) is 36.5 Å². The van der Waals surface area contributed by atoms with Gasteiger partial charge in [-0.2, -0.15) is 0 Å². The van der Waals surface area contributed by atoms with Gasteiger partial charge in [-0.25, -0.2) is 0 Å². The fourth-order valence-corrected chi connectivity index (χ4v) is 8.07. The Bertz CT molecular complexity index is 1050. The van der Waals surface area contributed by atoms with Gasteiger partial charge in [-0.3, -0.25) is 4.79 Å². The monoisotopic (exact) mass is 864 g/mol. The Labute approximate surface area is 374 Å². The number of carbonyl (C=O) groups is 1. The third-order valence-electron chi connectivity index (χ3n) is 12.2. The van der Waals surface area contributed by atoms with E-state index >= 15 is 0 Å². The number of aliphatic hydroxyl groups is 5. The summed E-state index contributed by atoms with van der Waals surface area (Å²) in [4.78, 5) is 12.8. The van der Waals surface area contributed by atoms with E-state index in [1.807, 2.05) is 6.08 Å². The third kappa shape index (κ3) is 32.7. The Morgan fingerprint density at radius 3 is 1.38 bits per heavy atom. The molecule has 0 aromatic heterocycles. The zero-order valence-electron chi connectivity index (χ0n) is 39.4. The first-order valence-electron chi connectivity index (χ1n) is 25.7. The second kappa shape index (κ2) is 42.4. The van der Waals surface area contributed by atoms with Gasteiger partial charge in [-0.1, -0.05) is 217 Å². The minimum atomic E-state index is -1.57. The van der Waals surface area contributed by atoms with Gasteiger partial charge in [0.1, 0.15) is 24.4 Å². The van der Waals surface area contributed by atoms with Crippen LogP contribution in [-0.2, 0) is 14.3 Å². The van der Waals surface area contributed by atoms with Crippen LogP contribution in [0, 0.1) is 0 Å². The number of amides is 1. The molecule has 1 heterocycles. The SMILES string of the molecule is CCCCCCCCCCCCCCCCCCCCCCC/C=C/CC/C=C/CC/C=C/C(O)C(COC1OC(CO)C(O)C(O)C1O)NC(=O)CCCCCCCCC. The highest BCUT2D eigenvalue weighted by atomic mass is 16.7. The van der Waals surface area contributed by atoms with E-state index in [0.29, 0.717) is 6.42 Å². The van der Waals surface area contributed by atoms with Crippen LogP contribution in [0.5, 0.6) is 0 Å². The predicted octanol–water partition coefficient (Wildman–Crippen LogP) is 11.6. The van der Waals surface area contributed by atoms with E-state index in [2.05, 4.69) is 43.5 Å². The van der Waals surface area contributed by atoms with Crippen LogP contribution < -0.4 is 5.32 Å². The molecule has 9 heteroatoms. The highest BCUT2D eigenvalue weighted by Gasteiger charge is 2.44. The number of unbranched alkanes of at least 4 members (excludes halogenated alkanes) is 29. The van der Waals surface area contributed by atoms with Gasteiger partial charge in [0.2, 0.25) is 5.91 Å². The second-order valence-corrected chi connectivity index (χ2v) is 18.0. The number of allylic oxidation sites excluding steroid dienone is 5. The van der Waals surface area contributed by atoms with Gasteiger partial charge in [0, 0.05) is 6.42 Å². The van der Waals surface area contributed by atoms with Crippen molar-refractivity contribution in [2.45, 2.75) is 275 Å². The highest BCUT2D eigenvalue weighted by molar-refractivity contribution is 5.76. The number of hydrogen-bond donors (Lipinski definition) is 6. The molecule has 1 aliphatic rings. The van der Waals surface area contributed by atoms with Gasteiger partial charge in [-0.05, 0) is 44.9 Å². The Morgan fingerprint density at radius 1 is 0.541 bits per heavy atom. The molecule has 7 atom stereocenters. The number of hydrogen-bond acceptors (Lipinski definition) is 8. The third-order valence-corrected chi connectivity index (χ3v) is 12.2. The van der Waals surface area contributed by atoms with E-state index < -0.39 is 49.5 Å². The summed E-state index contributed by atoms with van der Waals surface area (Å²) in [6.45, 7) is 3.70. The summed E-state index contributed by atoms with van der Waals surface area (Å²) in [5.41, 5.74) is 0. The van der Waals surface area contributed by atoms with Crippen molar-refractivity contribution in [3.8, 4) is 0 Å². The number of nitrogens with one attached hydrogen (secondary N) is 1. The fraction of sp³-hybridized carbons (Fsp3) is 0.865. The summed E-state index contributed by atoms with van der Waals surface area (Å²) >= 11 is 0. The largest absolute Gasteiger partial charge is 0.394 e. The lowest BCUT2D eigenvalue weighted by Gasteiger charge is -2.40. The molecule has 1 saturated heterocycles. The van der Waals surface area contributed by atoms with Gasteiger partial charge >= 0.3 is 0 Å². The van der Waals surface area contributed by atoms with Crippen molar-refractivity contribution in [1.29, 1.82) is 0 Å². The molecule has 0 saturated carbocycles. The van der Waals surface area contributed by atoms with Crippen LogP contribution in [-0.4, -0.2) is 87.5 Å². The van der Waals surface area contributed by atoms with Gasteiger partial charge < -0.3 is 40.3 Å². The van der Waals surface area contributed by atoms with Crippen molar-refractivity contribution >= 4 is 5.91 Å². The summed E-state index contributed by atoms with van der Waals surface area (Å²) in [5.74, 6) is -0.198. The van der Waals surface area contributed by atoms with Crippen molar-refractivity contribution in [2.75, 3.05) is 13.2 Å². The van der Waals surface area contributed by atoms with Gasteiger partial charge in [0.05, 0.1) is 25.4 Å². The molecule has 0 aromatic rings. The Balaban J connectivity index is 2.16. The Hall–Kier alpha value is -1.59. The van der Waals surface area contributed by atoms with Crippen LogP contribution in [0.3, 0.4) is 0 Å². The summed E-state index contributed by atoms with van der Waals surface area (Å²) in [5, 5.41) is 54.0. The van der Waals surface area contributed by atoms with E-state index in [4.69, 9.17) is 9.47 Å². The summed E-state index contributed by atoms with van der Waals surface area (Å²) in [7, 11) is 0. The number of ether oxygens (including phenoxy) is 2. The van der Waals surface area contributed by atoms with Crippen LogP contribution >= 0.6 is 0 Å². The Kier molecular flexibility index (Phi) is 39.9. The molecule has 1 fully saturated rings. The van der Waals surface area contributed by atoms with E-state index in [1.165, 1.54) is 167 Å². The normalized spacial score (nSPS) is 20.7. The topological polar surface area (TPSA) is 149 Å². The van der Waals surface area contributed by atoms with Crippen molar-refractivity contribution in [2.24, 2.45) is 0 Å². The van der Waals surface area contributed by atoms with Gasteiger partial charge in [-0.15, -0.1) is 0 Å². The standard InChI is InChI=1S/C52H97NO8/c1-3-5-7-9-11-12-13-14-15-16-17-18-19-20-21-22-23-24-25-26-27-28-29-30-31-32-33-34-36-37-39-41-46(55)45(53-48(56)42-40-38-35-10-8-6-4-2)44-60-52-51(59)50(58)49(57)47(43-54)61-52/h29-30,33-34,39,41,45-47,49-52,54-55,57-59H,3-28,31-32,35-38,40,42-44H2,1-2H3,(H,53,56)/b30-29+,34-33+,41-39+. The molecule has 61 heavy (non-hydrogen) atoms. The molecule has 0 radical (unpaired) electrons. The lowest BCUT2D eigenvalue weighted by atomic mass is 9.99. The number of carbonyl (C=O) groups excluding carboxylic acids is 1. The molecule has 9 nitrogen and oxygen atoms in total. The lowest BCUT2D eigenvalue weighted by Crippen LogP contribution is -2.60. The van der Waals surface area contributed by atoms with Gasteiger partial charge in [0.25, 0.3) is 0 Å². The minimum absolute atomic E-state index is 0.198. The van der Waals surface area contributed by atoms with Crippen LogP contribution in [0.25, 0.3) is 0 Å². The highest BCUT2D eigenvalue weighted by Crippen LogP contribution is 2.23. The molecule has 358 valence electrons. The Morgan fingerprint density at radius 2 is 0.934 bits per heavy atom. The first-order chi connectivity index (χ1) is 29.8. The zero-order chi connectivity index (χ0) is 44.4. The molecule has 0 aromatic carbocycles. The van der Waals surface area contributed by atoms with Crippen molar-refractivity contribution in [1.82, 2.24) is 5.32 Å². The molecule has 1 rings (SSSR count). The molecular formula is C52H97NO8. The number of aliphatic hydroxyl groups excluding tert-OH is 5. The molecule has 1 aliphatic heterocycles. The van der Waals surface area contributed by atoms with E-state index in [9.17, 15) is 30.3 Å². The van der Waals surface area contributed by atoms with Crippen LogP contribution in [0.2, 0.25) is 0 Å². The second-order valence-electron chi connectivity index (χ2n) is 18.0. The maximum atomic E-state index is 12.8. The maximum Gasteiger partial charge on any atom is 0.220 e. The zero-order valence-corrected chi connectivity index (χ0v) is 39.4. The molecule has 1 amide bonds. The average Bonchev–Trinajstić information content (AvgIpc) is 3.26. The molecule has 0 bridgehead atoms. The quantitative estimate of drug-likeness (QED) is 0.0262. The average molecular weight is 864 g/mol. The van der Waals surface area contributed by atoms with Crippen LogP contribution in [0.4, 0.5) is 0 Å². The fourth-order valence-electron chi connectivity index (χ4n) is 8.07. The molecular weight excluding hydrogens is 767 g/mol. The predicted molar refractivity (Wildman–Crippen MR) is 253 cm³/mol. The number of rotatable bonds is 43. The summed E-state index contributed by atoms with van der Waals surface area (Å²) in [6, 6.07) is -0.823. The molecule has 0 spiro atoms. The summed E-state index contributed by atoms with van der Waals surface area (Å²) in [6.07, 6.45) is 46.9. The van der Waals surface area contributed by atoms with Crippen molar-refractivity contribution < 1.29 is 39.8 Å². The maximum absolute atomic E-state index is 12.8. The van der Waals surface area contributed by atoms with E-state index in [1.54, 1.807) is 6.08 Å².